The molecule has 1 N–H and O–H groups in total. The van der Waals surface area contributed by atoms with Gasteiger partial charge in [-0.05, 0) is 13.3 Å². The summed E-state index contributed by atoms with van der Waals surface area (Å²) in [5.74, 6) is -0.909. The Bertz CT molecular complexity index is 440. The molecule has 0 spiro atoms. The summed E-state index contributed by atoms with van der Waals surface area (Å²) in [5, 5.41) is 12.7. The lowest BCUT2D eigenvalue weighted by atomic mass is 10.2. The van der Waals surface area contributed by atoms with Gasteiger partial charge in [-0.1, -0.05) is 0 Å². The van der Waals surface area contributed by atoms with Crippen molar-refractivity contribution in [3.63, 3.8) is 0 Å². The van der Waals surface area contributed by atoms with Crippen LogP contribution in [0.25, 0.3) is 0 Å². The van der Waals surface area contributed by atoms with E-state index in [4.69, 9.17) is 5.11 Å². The molecule has 0 fully saturated rings. The van der Waals surface area contributed by atoms with Crippen molar-refractivity contribution in [1.82, 2.24) is 14.7 Å². The summed E-state index contributed by atoms with van der Waals surface area (Å²) in [5.41, 5.74) is 1.91. The first-order chi connectivity index (χ1) is 8.40. The number of rotatable bonds is 6. The molecule has 1 aromatic heterocycles. The van der Waals surface area contributed by atoms with Gasteiger partial charge in [-0.15, -0.1) is 0 Å². The quantitative estimate of drug-likeness (QED) is 0.818. The molecule has 1 heterocycles. The number of aromatic nitrogens is 2. The standard InChI is InChI=1S/C12H19N3O3/c1-9-10(8-15(3)13-9)7-14(2)11(16)5-4-6-12(17)18/h8H,4-7H2,1-3H3,(H,17,18). The van der Waals surface area contributed by atoms with Crippen LogP contribution in [0.3, 0.4) is 0 Å². The van der Waals surface area contributed by atoms with Gasteiger partial charge in [0.05, 0.1) is 5.69 Å². The zero-order chi connectivity index (χ0) is 13.7. The van der Waals surface area contributed by atoms with Crippen LogP contribution in [-0.2, 0) is 23.2 Å². The third-order valence-electron chi connectivity index (χ3n) is 2.73. The number of aryl methyl sites for hydroxylation is 2. The van der Waals surface area contributed by atoms with Gasteiger partial charge >= 0.3 is 5.97 Å². The number of hydrogen-bond donors (Lipinski definition) is 1. The molecule has 1 rings (SSSR count). The highest BCUT2D eigenvalue weighted by molar-refractivity contribution is 5.76. The van der Waals surface area contributed by atoms with Gasteiger partial charge in [0.1, 0.15) is 0 Å². The largest absolute Gasteiger partial charge is 0.481 e. The number of carbonyl (C=O) groups excluding carboxylic acids is 1. The molecule has 6 heteroatoms. The Hall–Kier alpha value is -1.85. The predicted molar refractivity (Wildman–Crippen MR) is 65.9 cm³/mol. The lowest BCUT2D eigenvalue weighted by Gasteiger charge is -2.16. The average molecular weight is 253 g/mol. The van der Waals surface area contributed by atoms with E-state index in [1.807, 2.05) is 20.2 Å². The van der Waals surface area contributed by atoms with Crippen molar-refractivity contribution in [2.75, 3.05) is 7.05 Å². The van der Waals surface area contributed by atoms with Crippen molar-refractivity contribution in [2.24, 2.45) is 7.05 Å². The second kappa shape index (κ2) is 6.18. The SMILES string of the molecule is Cc1nn(C)cc1CN(C)C(=O)CCCC(=O)O. The Morgan fingerprint density at radius 3 is 2.61 bits per heavy atom. The normalized spacial score (nSPS) is 10.4. The maximum absolute atomic E-state index is 11.8. The maximum atomic E-state index is 11.8. The zero-order valence-corrected chi connectivity index (χ0v) is 11.0. The Balaban J connectivity index is 2.44. The Morgan fingerprint density at radius 2 is 2.11 bits per heavy atom. The van der Waals surface area contributed by atoms with Gasteiger partial charge < -0.3 is 10.0 Å². The first-order valence-electron chi connectivity index (χ1n) is 5.85. The first-order valence-corrected chi connectivity index (χ1v) is 5.85. The minimum Gasteiger partial charge on any atom is -0.481 e. The van der Waals surface area contributed by atoms with Crippen molar-refractivity contribution in [1.29, 1.82) is 0 Å². The summed E-state index contributed by atoms with van der Waals surface area (Å²) in [6.07, 6.45) is 2.56. The molecule has 0 radical (unpaired) electrons. The van der Waals surface area contributed by atoms with Gasteiger partial charge in [-0.25, -0.2) is 0 Å². The third kappa shape index (κ3) is 4.20. The molecule has 0 aliphatic carbocycles. The summed E-state index contributed by atoms with van der Waals surface area (Å²) < 4.78 is 1.72. The summed E-state index contributed by atoms with van der Waals surface area (Å²) in [4.78, 5) is 23.7. The van der Waals surface area contributed by atoms with Crippen LogP contribution in [0.4, 0.5) is 0 Å². The van der Waals surface area contributed by atoms with Crippen LogP contribution in [0, 0.1) is 6.92 Å². The average Bonchev–Trinajstić information content (AvgIpc) is 2.56. The highest BCUT2D eigenvalue weighted by Crippen LogP contribution is 2.09. The number of amides is 1. The second-order valence-electron chi connectivity index (χ2n) is 4.41. The molecule has 1 aromatic rings. The topological polar surface area (TPSA) is 75.4 Å². The molecule has 0 bridgehead atoms. The number of carbonyl (C=O) groups is 2. The van der Waals surface area contributed by atoms with Crippen LogP contribution in [0.15, 0.2) is 6.20 Å². The molecular formula is C12H19N3O3. The van der Waals surface area contributed by atoms with Gasteiger partial charge in [-0.3, -0.25) is 14.3 Å². The van der Waals surface area contributed by atoms with Gasteiger partial charge in [-0.2, -0.15) is 5.10 Å². The van der Waals surface area contributed by atoms with Crippen LogP contribution in [0.5, 0.6) is 0 Å². The molecule has 0 saturated carbocycles. The van der Waals surface area contributed by atoms with E-state index in [2.05, 4.69) is 5.10 Å². The second-order valence-corrected chi connectivity index (χ2v) is 4.41. The van der Waals surface area contributed by atoms with Crippen LogP contribution in [-0.4, -0.2) is 38.7 Å². The van der Waals surface area contributed by atoms with Crippen LogP contribution >= 0.6 is 0 Å². The Labute approximate surface area is 106 Å². The molecule has 0 aromatic carbocycles. The molecular weight excluding hydrogens is 234 g/mol. The Kier molecular flexibility index (Phi) is 4.88. The van der Waals surface area contributed by atoms with Crippen molar-refractivity contribution in [3.8, 4) is 0 Å². The molecule has 100 valence electrons. The molecule has 0 saturated heterocycles. The lowest BCUT2D eigenvalue weighted by molar-refractivity contribution is -0.137. The number of carboxylic acids is 1. The molecule has 18 heavy (non-hydrogen) atoms. The van der Waals surface area contributed by atoms with E-state index >= 15 is 0 Å². The van der Waals surface area contributed by atoms with E-state index < -0.39 is 5.97 Å². The van der Waals surface area contributed by atoms with E-state index in [1.54, 1.807) is 16.6 Å². The van der Waals surface area contributed by atoms with Gasteiger partial charge in [0, 0.05) is 45.2 Å². The monoisotopic (exact) mass is 253 g/mol. The summed E-state index contributed by atoms with van der Waals surface area (Å²) in [6, 6.07) is 0. The van der Waals surface area contributed by atoms with E-state index in [0.29, 0.717) is 13.0 Å². The van der Waals surface area contributed by atoms with Gasteiger partial charge in [0.2, 0.25) is 5.91 Å². The van der Waals surface area contributed by atoms with Crippen LogP contribution in [0.1, 0.15) is 30.5 Å². The highest BCUT2D eigenvalue weighted by atomic mass is 16.4. The minimum atomic E-state index is -0.867. The van der Waals surface area contributed by atoms with E-state index in [1.165, 1.54) is 0 Å². The molecule has 1 amide bonds. The van der Waals surface area contributed by atoms with Crippen molar-refractivity contribution in [3.05, 3.63) is 17.5 Å². The van der Waals surface area contributed by atoms with Crippen molar-refractivity contribution in [2.45, 2.75) is 32.7 Å². The zero-order valence-electron chi connectivity index (χ0n) is 11.0. The number of nitrogens with zero attached hydrogens (tertiary/aromatic N) is 3. The fraction of sp³-hybridized carbons (Fsp3) is 0.583. The lowest BCUT2D eigenvalue weighted by Crippen LogP contribution is -2.26. The van der Waals surface area contributed by atoms with Gasteiger partial charge in [0.15, 0.2) is 0 Å². The highest BCUT2D eigenvalue weighted by Gasteiger charge is 2.12. The summed E-state index contributed by atoms with van der Waals surface area (Å²) in [6.45, 7) is 2.41. The van der Waals surface area contributed by atoms with Crippen LogP contribution in [0.2, 0.25) is 0 Å². The van der Waals surface area contributed by atoms with E-state index in [9.17, 15) is 9.59 Å². The smallest absolute Gasteiger partial charge is 0.303 e. The summed E-state index contributed by atoms with van der Waals surface area (Å²) in [7, 11) is 3.56. The van der Waals surface area contributed by atoms with E-state index in [0.717, 1.165) is 11.3 Å². The minimum absolute atomic E-state index is 0.0332. The molecule has 0 aliphatic rings. The van der Waals surface area contributed by atoms with Gasteiger partial charge in [0.25, 0.3) is 0 Å². The molecule has 0 atom stereocenters. The molecule has 0 aliphatic heterocycles. The maximum Gasteiger partial charge on any atom is 0.303 e. The van der Waals surface area contributed by atoms with Crippen LogP contribution < -0.4 is 0 Å². The Morgan fingerprint density at radius 1 is 1.44 bits per heavy atom. The van der Waals surface area contributed by atoms with E-state index in [-0.39, 0.29) is 18.7 Å². The molecule has 6 nitrogen and oxygen atoms in total. The number of carboxylic acid groups (broad SMARTS) is 1. The molecule has 0 unspecified atom stereocenters. The van der Waals surface area contributed by atoms with Crippen molar-refractivity contribution < 1.29 is 14.7 Å². The third-order valence-corrected chi connectivity index (χ3v) is 2.73. The summed E-state index contributed by atoms with van der Waals surface area (Å²) >= 11 is 0. The number of aliphatic carboxylic acids is 1. The first kappa shape index (κ1) is 14.2. The number of hydrogen-bond acceptors (Lipinski definition) is 3. The van der Waals surface area contributed by atoms with Crippen molar-refractivity contribution >= 4 is 11.9 Å². The fourth-order valence-corrected chi connectivity index (χ4v) is 1.73. The fourth-order valence-electron chi connectivity index (χ4n) is 1.73. The predicted octanol–water partition coefficient (Wildman–Crippen LogP) is 0.942.